The van der Waals surface area contributed by atoms with E-state index in [9.17, 15) is 13.6 Å². The van der Waals surface area contributed by atoms with Gasteiger partial charge in [-0.2, -0.15) is 0 Å². The molecule has 3 N–H and O–H groups in total. The summed E-state index contributed by atoms with van der Waals surface area (Å²) in [4.78, 5) is 16.8. The van der Waals surface area contributed by atoms with Crippen LogP contribution in [0.1, 0.15) is 15.5 Å². The van der Waals surface area contributed by atoms with E-state index in [0.29, 0.717) is 18.0 Å². The van der Waals surface area contributed by atoms with Gasteiger partial charge in [0.1, 0.15) is 5.69 Å². The number of nitrogens with zero attached hydrogens (tertiary/aromatic N) is 2. The van der Waals surface area contributed by atoms with Crippen molar-refractivity contribution >= 4 is 17.2 Å². The highest BCUT2D eigenvalue weighted by atomic mass is 32.1. The summed E-state index contributed by atoms with van der Waals surface area (Å²) in [5.74, 6) is -0.594. The van der Waals surface area contributed by atoms with Crippen molar-refractivity contribution in [2.24, 2.45) is 5.73 Å². The molecular weight excluding hydrogens is 264 g/mol. The molecule has 0 aliphatic carbocycles. The fraction of sp³-hybridized carbons (Fsp3) is 0.600. The summed E-state index contributed by atoms with van der Waals surface area (Å²) < 4.78 is 24.6. The number of amides is 1. The number of thiazole rings is 1. The SMILES string of the molecule is NCCc1nc(C(=O)N(CCO)CC(F)F)cs1. The van der Waals surface area contributed by atoms with Crippen molar-refractivity contribution in [1.82, 2.24) is 9.88 Å². The maximum Gasteiger partial charge on any atom is 0.273 e. The lowest BCUT2D eigenvalue weighted by Crippen LogP contribution is -2.37. The van der Waals surface area contributed by atoms with E-state index in [1.165, 1.54) is 16.7 Å². The lowest BCUT2D eigenvalue weighted by molar-refractivity contribution is 0.0505. The fourth-order valence-electron chi connectivity index (χ4n) is 1.37. The normalized spacial score (nSPS) is 10.9. The molecule has 0 bridgehead atoms. The summed E-state index contributed by atoms with van der Waals surface area (Å²) in [6.45, 7) is -0.785. The van der Waals surface area contributed by atoms with Crippen molar-refractivity contribution in [1.29, 1.82) is 0 Å². The van der Waals surface area contributed by atoms with Crippen molar-refractivity contribution in [2.45, 2.75) is 12.8 Å². The molecule has 1 aromatic heterocycles. The Morgan fingerprint density at radius 3 is 2.89 bits per heavy atom. The number of aromatic nitrogens is 1. The van der Waals surface area contributed by atoms with E-state index in [0.717, 1.165) is 4.90 Å². The average molecular weight is 279 g/mol. The van der Waals surface area contributed by atoms with Crippen molar-refractivity contribution < 1.29 is 18.7 Å². The van der Waals surface area contributed by atoms with E-state index in [4.69, 9.17) is 10.8 Å². The number of aliphatic hydroxyl groups excluding tert-OH is 1. The van der Waals surface area contributed by atoms with Crippen molar-refractivity contribution in [2.75, 3.05) is 26.2 Å². The van der Waals surface area contributed by atoms with Gasteiger partial charge in [-0.15, -0.1) is 11.3 Å². The second kappa shape index (κ2) is 7.34. The third-order valence-electron chi connectivity index (χ3n) is 2.14. The second-order valence-electron chi connectivity index (χ2n) is 3.53. The molecule has 1 amide bonds. The van der Waals surface area contributed by atoms with E-state index in [1.807, 2.05) is 0 Å². The maximum atomic E-state index is 12.3. The molecule has 5 nitrogen and oxygen atoms in total. The largest absolute Gasteiger partial charge is 0.395 e. The number of carbonyl (C=O) groups excluding carboxylic acids is 1. The minimum Gasteiger partial charge on any atom is -0.395 e. The average Bonchev–Trinajstić information content (AvgIpc) is 2.76. The third kappa shape index (κ3) is 4.28. The predicted octanol–water partition coefficient (Wildman–Crippen LogP) is 0.344. The lowest BCUT2D eigenvalue weighted by Gasteiger charge is -2.19. The van der Waals surface area contributed by atoms with Crippen LogP contribution in [-0.2, 0) is 6.42 Å². The molecule has 0 atom stereocenters. The Labute approximate surface area is 107 Å². The van der Waals surface area contributed by atoms with Gasteiger partial charge in [-0.25, -0.2) is 13.8 Å². The monoisotopic (exact) mass is 279 g/mol. The first-order chi connectivity index (χ1) is 8.58. The van der Waals surface area contributed by atoms with E-state index in [2.05, 4.69) is 4.98 Å². The second-order valence-corrected chi connectivity index (χ2v) is 4.47. The Morgan fingerprint density at radius 1 is 1.61 bits per heavy atom. The molecule has 0 radical (unpaired) electrons. The number of hydrogen-bond acceptors (Lipinski definition) is 5. The highest BCUT2D eigenvalue weighted by molar-refractivity contribution is 7.09. The molecule has 1 aromatic rings. The first-order valence-electron chi connectivity index (χ1n) is 5.41. The molecule has 1 rings (SSSR count). The van der Waals surface area contributed by atoms with Gasteiger partial charge < -0.3 is 15.7 Å². The molecule has 0 aliphatic rings. The van der Waals surface area contributed by atoms with Crippen LogP contribution in [-0.4, -0.2) is 53.6 Å². The topological polar surface area (TPSA) is 79.5 Å². The summed E-state index contributed by atoms with van der Waals surface area (Å²) in [5, 5.41) is 11.0. The van der Waals surface area contributed by atoms with E-state index >= 15 is 0 Å². The van der Waals surface area contributed by atoms with Crippen molar-refractivity contribution in [3.63, 3.8) is 0 Å². The molecular formula is C10H15F2N3O2S. The molecule has 1 heterocycles. The van der Waals surface area contributed by atoms with E-state index < -0.39 is 18.9 Å². The molecule has 0 aromatic carbocycles. The van der Waals surface area contributed by atoms with E-state index in [1.54, 1.807) is 0 Å². The van der Waals surface area contributed by atoms with Crippen molar-refractivity contribution in [3.05, 3.63) is 16.1 Å². The highest BCUT2D eigenvalue weighted by Gasteiger charge is 2.21. The maximum absolute atomic E-state index is 12.3. The Balaban J connectivity index is 2.74. The smallest absolute Gasteiger partial charge is 0.273 e. The van der Waals surface area contributed by atoms with Crippen LogP contribution >= 0.6 is 11.3 Å². The molecule has 0 spiro atoms. The summed E-state index contributed by atoms with van der Waals surface area (Å²) in [6.07, 6.45) is -2.09. The molecule has 0 fully saturated rings. The van der Waals surface area contributed by atoms with Gasteiger partial charge in [-0.3, -0.25) is 4.79 Å². The number of halogens is 2. The summed E-state index contributed by atoms with van der Waals surface area (Å²) in [7, 11) is 0. The van der Waals surface area contributed by atoms with Crippen LogP contribution < -0.4 is 5.73 Å². The quantitative estimate of drug-likeness (QED) is 0.754. The lowest BCUT2D eigenvalue weighted by atomic mass is 10.3. The molecule has 102 valence electrons. The Hall–Kier alpha value is -1.12. The summed E-state index contributed by atoms with van der Waals surface area (Å²) >= 11 is 1.27. The van der Waals surface area contributed by atoms with Gasteiger partial charge in [0.05, 0.1) is 18.2 Å². The van der Waals surface area contributed by atoms with Crippen LogP contribution in [0.25, 0.3) is 0 Å². The first kappa shape index (κ1) is 14.9. The predicted molar refractivity (Wildman–Crippen MR) is 63.9 cm³/mol. The van der Waals surface area contributed by atoms with Gasteiger partial charge in [-0.1, -0.05) is 0 Å². The minimum absolute atomic E-state index is 0.123. The highest BCUT2D eigenvalue weighted by Crippen LogP contribution is 2.13. The van der Waals surface area contributed by atoms with Crippen LogP contribution in [0.15, 0.2) is 5.38 Å². The van der Waals surface area contributed by atoms with E-state index in [-0.39, 0.29) is 18.8 Å². The Morgan fingerprint density at radius 2 is 2.33 bits per heavy atom. The van der Waals surface area contributed by atoms with Gasteiger partial charge in [0.15, 0.2) is 0 Å². The van der Waals surface area contributed by atoms with Crippen LogP contribution in [0, 0.1) is 0 Å². The van der Waals surface area contributed by atoms with Crippen LogP contribution in [0.5, 0.6) is 0 Å². The first-order valence-corrected chi connectivity index (χ1v) is 6.29. The van der Waals surface area contributed by atoms with Gasteiger partial charge in [0.25, 0.3) is 12.3 Å². The van der Waals surface area contributed by atoms with Crippen LogP contribution in [0.3, 0.4) is 0 Å². The number of alkyl halides is 2. The third-order valence-corrected chi connectivity index (χ3v) is 3.05. The van der Waals surface area contributed by atoms with Crippen LogP contribution in [0.4, 0.5) is 8.78 Å². The number of hydrogen-bond donors (Lipinski definition) is 2. The number of carbonyl (C=O) groups is 1. The van der Waals surface area contributed by atoms with Gasteiger partial charge in [-0.05, 0) is 6.54 Å². The zero-order chi connectivity index (χ0) is 13.5. The van der Waals surface area contributed by atoms with Gasteiger partial charge >= 0.3 is 0 Å². The van der Waals surface area contributed by atoms with Crippen molar-refractivity contribution in [3.8, 4) is 0 Å². The minimum atomic E-state index is -2.64. The van der Waals surface area contributed by atoms with Gasteiger partial charge in [0, 0.05) is 18.3 Å². The Bertz CT molecular complexity index is 387. The molecule has 0 unspecified atom stereocenters. The standard InChI is InChI=1S/C10H15F2N3O2S/c11-8(12)5-15(3-4-16)10(17)7-6-18-9(14-7)1-2-13/h6,8,16H,1-5,13H2. The fourth-order valence-corrected chi connectivity index (χ4v) is 2.16. The van der Waals surface area contributed by atoms with Crippen LogP contribution in [0.2, 0.25) is 0 Å². The molecule has 0 saturated heterocycles. The molecule has 0 aliphatic heterocycles. The zero-order valence-electron chi connectivity index (χ0n) is 9.68. The number of rotatable bonds is 7. The molecule has 8 heteroatoms. The molecule has 0 saturated carbocycles. The zero-order valence-corrected chi connectivity index (χ0v) is 10.5. The Kier molecular flexibility index (Phi) is 6.10. The summed E-state index contributed by atoms with van der Waals surface area (Å²) in [6, 6.07) is 0. The summed E-state index contributed by atoms with van der Waals surface area (Å²) in [5.41, 5.74) is 5.48. The van der Waals surface area contributed by atoms with Gasteiger partial charge in [0.2, 0.25) is 0 Å². The molecule has 18 heavy (non-hydrogen) atoms. The number of aliphatic hydroxyl groups is 1. The number of nitrogens with two attached hydrogens (primary N) is 1.